The van der Waals surface area contributed by atoms with Crippen molar-refractivity contribution in [2.45, 2.75) is 71.1 Å². The summed E-state index contributed by atoms with van der Waals surface area (Å²) in [5, 5.41) is 10.9. The molecule has 2 aliphatic heterocycles. The third-order valence-electron chi connectivity index (χ3n) is 9.84. The van der Waals surface area contributed by atoms with E-state index in [9.17, 15) is 29.1 Å². The minimum Gasteiger partial charge on any atom is -0.467 e. The van der Waals surface area contributed by atoms with Gasteiger partial charge in [0.1, 0.15) is 18.8 Å². The maximum Gasteiger partial charge on any atom is 0.336 e. The van der Waals surface area contributed by atoms with Gasteiger partial charge in [-0.3, -0.25) is 14.4 Å². The summed E-state index contributed by atoms with van der Waals surface area (Å²) in [5.74, 6) is -4.89. The van der Waals surface area contributed by atoms with Crippen LogP contribution in [0.2, 0.25) is 0 Å². The number of ether oxygens (including phenoxy) is 4. The van der Waals surface area contributed by atoms with Gasteiger partial charge < -0.3 is 29.0 Å². The van der Waals surface area contributed by atoms with Gasteiger partial charge in [-0.25, -0.2) is 9.59 Å². The molecule has 3 fully saturated rings. The van der Waals surface area contributed by atoms with Crippen molar-refractivity contribution in [1.82, 2.24) is 4.90 Å². The number of hydrogen-bond acceptors (Lipinski definition) is 11. The third-order valence-corrected chi connectivity index (χ3v) is 9.84. The van der Waals surface area contributed by atoms with Crippen LogP contribution in [0.15, 0.2) is 22.4 Å². The molecule has 7 atom stereocenters. The number of allylic oxidation sites excluding steroid dienone is 1. The van der Waals surface area contributed by atoms with E-state index >= 15 is 0 Å². The van der Waals surface area contributed by atoms with Crippen LogP contribution in [0, 0.1) is 22.7 Å². The fraction of sp³-hybridized carbons (Fsp3) is 0.690. The summed E-state index contributed by atoms with van der Waals surface area (Å²) in [5.41, 5.74) is -0.897. The Balaban J connectivity index is 1.73. The van der Waals surface area contributed by atoms with Crippen molar-refractivity contribution in [1.29, 1.82) is 0 Å². The lowest BCUT2D eigenvalue weighted by Crippen LogP contribution is -2.59. The van der Waals surface area contributed by atoms with Gasteiger partial charge in [0, 0.05) is 37.0 Å². The van der Waals surface area contributed by atoms with Crippen LogP contribution in [0.1, 0.15) is 52.9 Å². The van der Waals surface area contributed by atoms with E-state index in [-0.39, 0.29) is 30.8 Å². The number of cyclic esters (lactones) is 1. The van der Waals surface area contributed by atoms with Crippen LogP contribution in [0.3, 0.4) is 0 Å². The first-order valence-corrected chi connectivity index (χ1v) is 13.8. The number of aliphatic hydroxyl groups excluding tert-OH is 1. The Morgan fingerprint density at radius 1 is 1.12 bits per heavy atom. The van der Waals surface area contributed by atoms with E-state index in [0.717, 1.165) is 0 Å². The summed E-state index contributed by atoms with van der Waals surface area (Å²) in [6.45, 7) is 5.04. The SMILES string of the molecule is COCC(=C1C(=O)OCC2(C)C3=C(C(=O)C(=O)C12)C1CCC(O)C1(C)CC3OC(C)=O)N1CCCC1C(=O)OC. The Kier molecular flexibility index (Phi) is 7.19. The predicted molar refractivity (Wildman–Crippen MR) is 137 cm³/mol. The zero-order chi connectivity index (χ0) is 29.1. The summed E-state index contributed by atoms with van der Waals surface area (Å²) in [6.07, 6.45) is 0.764. The Hall–Kier alpha value is -3.05. The number of esters is 3. The van der Waals surface area contributed by atoms with Crippen molar-refractivity contribution < 1.29 is 48.0 Å². The van der Waals surface area contributed by atoms with Crippen molar-refractivity contribution in [3.63, 3.8) is 0 Å². The highest BCUT2D eigenvalue weighted by molar-refractivity contribution is 6.47. The van der Waals surface area contributed by atoms with Gasteiger partial charge in [-0.15, -0.1) is 0 Å². The van der Waals surface area contributed by atoms with Crippen LogP contribution in [0.5, 0.6) is 0 Å². The topological polar surface area (TPSA) is 146 Å². The molecule has 0 aromatic carbocycles. The van der Waals surface area contributed by atoms with Gasteiger partial charge >= 0.3 is 17.9 Å². The molecular weight excluding hydrogens is 522 g/mol. The summed E-state index contributed by atoms with van der Waals surface area (Å²) >= 11 is 0. The number of likely N-dealkylation sites (tertiary alicyclic amines) is 1. The quantitative estimate of drug-likeness (QED) is 0.225. The van der Waals surface area contributed by atoms with Gasteiger partial charge in [0.2, 0.25) is 11.6 Å². The molecule has 2 heterocycles. The molecule has 0 aromatic rings. The second kappa shape index (κ2) is 10.1. The molecule has 0 bridgehead atoms. The van der Waals surface area contributed by atoms with Crippen LogP contribution in [0.25, 0.3) is 0 Å². The van der Waals surface area contributed by atoms with Crippen molar-refractivity contribution in [2.75, 3.05) is 34.0 Å². The second-order valence-corrected chi connectivity index (χ2v) is 12.1. The van der Waals surface area contributed by atoms with Crippen molar-refractivity contribution in [3.05, 3.63) is 22.4 Å². The van der Waals surface area contributed by atoms with E-state index in [1.54, 1.807) is 11.8 Å². The fourth-order valence-corrected chi connectivity index (χ4v) is 8.03. The largest absolute Gasteiger partial charge is 0.467 e. The van der Waals surface area contributed by atoms with E-state index in [4.69, 9.17) is 18.9 Å². The highest BCUT2D eigenvalue weighted by Gasteiger charge is 2.65. The molecule has 0 radical (unpaired) electrons. The van der Waals surface area contributed by atoms with Crippen LogP contribution in [0.4, 0.5) is 0 Å². The first kappa shape index (κ1) is 28.5. The number of rotatable bonds is 5. The van der Waals surface area contributed by atoms with Crippen LogP contribution in [-0.4, -0.2) is 91.7 Å². The Labute approximate surface area is 232 Å². The lowest BCUT2D eigenvalue weighted by Gasteiger charge is -2.53. The predicted octanol–water partition coefficient (Wildman–Crippen LogP) is 1.26. The Bertz CT molecular complexity index is 1240. The lowest BCUT2D eigenvalue weighted by molar-refractivity contribution is -0.161. The normalized spacial score (nSPS) is 38.4. The smallest absolute Gasteiger partial charge is 0.336 e. The van der Waals surface area contributed by atoms with E-state index in [0.29, 0.717) is 43.5 Å². The molecular formula is C29H37NO10. The molecule has 11 nitrogen and oxygen atoms in total. The molecule has 218 valence electrons. The highest BCUT2D eigenvalue weighted by Crippen LogP contribution is 2.62. The average Bonchev–Trinajstić information content (AvgIpc) is 3.50. The van der Waals surface area contributed by atoms with Gasteiger partial charge in [0.05, 0.1) is 37.0 Å². The minimum absolute atomic E-state index is 0.0160. The fourth-order valence-electron chi connectivity index (χ4n) is 8.03. The first-order valence-electron chi connectivity index (χ1n) is 13.8. The molecule has 0 amide bonds. The molecule has 1 N–H and O–H groups in total. The molecule has 0 aromatic heterocycles. The molecule has 5 rings (SSSR count). The van der Waals surface area contributed by atoms with Crippen LogP contribution < -0.4 is 0 Å². The minimum atomic E-state index is -1.22. The maximum atomic E-state index is 14.1. The number of ketones is 2. The molecule has 40 heavy (non-hydrogen) atoms. The van der Waals surface area contributed by atoms with Gasteiger partial charge in [0.15, 0.2) is 0 Å². The lowest BCUT2D eigenvalue weighted by atomic mass is 9.51. The van der Waals surface area contributed by atoms with E-state index in [1.807, 2.05) is 6.92 Å². The summed E-state index contributed by atoms with van der Waals surface area (Å²) < 4.78 is 22.0. The van der Waals surface area contributed by atoms with E-state index < -0.39 is 70.4 Å². The number of nitrogens with zero attached hydrogens (tertiary/aromatic N) is 1. The van der Waals surface area contributed by atoms with Gasteiger partial charge in [0.25, 0.3) is 0 Å². The number of methoxy groups -OCH3 is 2. The van der Waals surface area contributed by atoms with Crippen LogP contribution in [-0.2, 0) is 42.9 Å². The maximum absolute atomic E-state index is 14.1. The van der Waals surface area contributed by atoms with Crippen molar-refractivity contribution in [2.24, 2.45) is 22.7 Å². The Morgan fingerprint density at radius 2 is 1.85 bits per heavy atom. The second-order valence-electron chi connectivity index (χ2n) is 12.1. The molecule has 1 saturated carbocycles. The summed E-state index contributed by atoms with van der Waals surface area (Å²) in [7, 11) is 2.73. The summed E-state index contributed by atoms with van der Waals surface area (Å²) in [4.78, 5) is 68.2. The van der Waals surface area contributed by atoms with Gasteiger partial charge in [-0.1, -0.05) is 13.8 Å². The summed E-state index contributed by atoms with van der Waals surface area (Å²) in [6, 6.07) is -0.683. The zero-order valence-electron chi connectivity index (χ0n) is 23.6. The third kappa shape index (κ3) is 4.03. The molecule has 2 saturated heterocycles. The number of carbonyl (C=O) groups excluding carboxylic acids is 5. The molecule has 0 spiro atoms. The molecule has 11 heteroatoms. The number of fused-ring (bicyclic) bond motifs is 4. The first-order chi connectivity index (χ1) is 18.9. The van der Waals surface area contributed by atoms with Gasteiger partial charge in [-0.05, 0) is 43.6 Å². The number of carbonyl (C=O) groups is 5. The molecule has 3 aliphatic carbocycles. The molecule has 5 aliphatic rings. The average molecular weight is 560 g/mol. The molecule has 7 unspecified atom stereocenters. The van der Waals surface area contributed by atoms with Crippen molar-refractivity contribution >= 4 is 29.5 Å². The zero-order valence-corrected chi connectivity index (χ0v) is 23.6. The highest BCUT2D eigenvalue weighted by atomic mass is 16.5. The monoisotopic (exact) mass is 559 g/mol. The van der Waals surface area contributed by atoms with Crippen molar-refractivity contribution in [3.8, 4) is 0 Å². The standard InChI is InChI=1S/C29H37NO10/c1-14(31)40-18-11-28(2)15(8-9-19(28)32)20-22(18)29(3)13-39-27(36)21(23(29)25(34)24(20)33)17(12-37-4)30-10-6-7-16(30)26(35)38-5/h15-16,18-19,23,32H,6-13H2,1-5H3. The van der Waals surface area contributed by atoms with Gasteiger partial charge in [-0.2, -0.15) is 0 Å². The van der Waals surface area contributed by atoms with E-state index in [1.165, 1.54) is 21.1 Å². The number of aliphatic hydroxyl groups is 1. The number of Topliss-reactive ketones (excluding diaryl/α,β-unsaturated/α-hetero) is 2. The van der Waals surface area contributed by atoms with Crippen LogP contribution >= 0.6 is 0 Å². The number of hydrogen-bond donors (Lipinski definition) is 1. The van der Waals surface area contributed by atoms with E-state index in [2.05, 4.69) is 0 Å². The Morgan fingerprint density at radius 3 is 2.50 bits per heavy atom.